The van der Waals surface area contributed by atoms with Gasteiger partial charge in [-0.25, -0.2) is 4.98 Å². The second-order valence-corrected chi connectivity index (χ2v) is 3.80. The van der Waals surface area contributed by atoms with E-state index in [1.807, 2.05) is 0 Å². The molecule has 6 nitrogen and oxygen atoms in total. The first kappa shape index (κ1) is 12.6. The molecule has 90 valence electrons. The maximum absolute atomic E-state index is 11.5. The van der Waals surface area contributed by atoms with Crippen molar-refractivity contribution < 1.29 is 4.79 Å². The molecule has 1 atom stereocenters. The fourth-order valence-electron chi connectivity index (χ4n) is 1.32. The van der Waals surface area contributed by atoms with Crippen LogP contribution >= 0.6 is 0 Å². The van der Waals surface area contributed by atoms with Crippen molar-refractivity contribution in [3.8, 4) is 0 Å². The first-order chi connectivity index (χ1) is 7.63. The van der Waals surface area contributed by atoms with E-state index in [4.69, 9.17) is 5.73 Å². The van der Waals surface area contributed by atoms with E-state index in [9.17, 15) is 4.79 Å². The number of hydrogen-bond donors (Lipinski definition) is 2. The first-order valence-corrected chi connectivity index (χ1v) is 5.51. The second kappa shape index (κ2) is 6.22. The van der Waals surface area contributed by atoms with Crippen molar-refractivity contribution in [1.29, 1.82) is 0 Å². The molecule has 1 heterocycles. The van der Waals surface area contributed by atoms with Gasteiger partial charge in [-0.2, -0.15) is 5.10 Å². The first-order valence-electron chi connectivity index (χ1n) is 5.51. The Morgan fingerprint density at radius 1 is 1.69 bits per heavy atom. The molecule has 0 unspecified atom stereocenters. The summed E-state index contributed by atoms with van der Waals surface area (Å²) >= 11 is 0. The Balaban J connectivity index is 2.29. The zero-order valence-corrected chi connectivity index (χ0v) is 9.81. The summed E-state index contributed by atoms with van der Waals surface area (Å²) in [7, 11) is 1.78. The van der Waals surface area contributed by atoms with Crippen LogP contribution in [0, 0.1) is 0 Å². The minimum absolute atomic E-state index is 0.138. The van der Waals surface area contributed by atoms with Crippen LogP contribution in [0.25, 0.3) is 0 Å². The highest BCUT2D eigenvalue weighted by Crippen LogP contribution is 1.98. The number of carbonyl (C=O) groups excluding carboxylic acids is 1. The van der Waals surface area contributed by atoms with Crippen molar-refractivity contribution in [2.24, 2.45) is 12.8 Å². The standard InChI is InChI=1S/C10H19N5O/c1-3-4-5-8(11)10(16)12-6-9-13-7-15(2)14-9/h7-8H,3-6,11H2,1-2H3,(H,12,16)/t8-/m0/s1. The summed E-state index contributed by atoms with van der Waals surface area (Å²) in [5.74, 6) is 0.458. The molecule has 0 radical (unpaired) electrons. The quantitative estimate of drug-likeness (QED) is 0.710. The third-order valence-corrected chi connectivity index (χ3v) is 2.27. The molecule has 1 aromatic heterocycles. The second-order valence-electron chi connectivity index (χ2n) is 3.80. The highest BCUT2D eigenvalue weighted by molar-refractivity contribution is 5.81. The number of amides is 1. The topological polar surface area (TPSA) is 85.8 Å². The summed E-state index contributed by atoms with van der Waals surface area (Å²) in [6.07, 6.45) is 4.33. The third kappa shape index (κ3) is 3.98. The Labute approximate surface area is 95.2 Å². The smallest absolute Gasteiger partial charge is 0.237 e. The van der Waals surface area contributed by atoms with Crippen LogP contribution in [0.2, 0.25) is 0 Å². The van der Waals surface area contributed by atoms with Crippen LogP contribution in [0.1, 0.15) is 32.0 Å². The Hall–Kier alpha value is -1.43. The highest BCUT2D eigenvalue weighted by atomic mass is 16.2. The van der Waals surface area contributed by atoms with Gasteiger partial charge in [-0.15, -0.1) is 0 Å². The van der Waals surface area contributed by atoms with Gasteiger partial charge < -0.3 is 11.1 Å². The minimum atomic E-state index is -0.427. The summed E-state index contributed by atoms with van der Waals surface area (Å²) in [4.78, 5) is 15.5. The summed E-state index contributed by atoms with van der Waals surface area (Å²) < 4.78 is 1.60. The number of aromatic nitrogens is 3. The largest absolute Gasteiger partial charge is 0.347 e. The fourth-order valence-corrected chi connectivity index (χ4v) is 1.32. The predicted octanol–water partition coefficient (Wildman–Crippen LogP) is -0.0512. The van der Waals surface area contributed by atoms with Gasteiger partial charge in [0, 0.05) is 7.05 Å². The van der Waals surface area contributed by atoms with Crippen molar-refractivity contribution >= 4 is 5.91 Å². The maximum atomic E-state index is 11.5. The van der Waals surface area contributed by atoms with E-state index >= 15 is 0 Å². The summed E-state index contributed by atoms with van der Waals surface area (Å²) in [5.41, 5.74) is 5.71. The zero-order valence-electron chi connectivity index (χ0n) is 9.81. The van der Waals surface area contributed by atoms with Gasteiger partial charge in [0.15, 0.2) is 5.82 Å². The molecule has 1 aromatic rings. The van der Waals surface area contributed by atoms with E-state index in [1.54, 1.807) is 18.1 Å². The van der Waals surface area contributed by atoms with E-state index in [-0.39, 0.29) is 5.91 Å². The van der Waals surface area contributed by atoms with Crippen LogP contribution in [-0.2, 0) is 18.4 Å². The van der Waals surface area contributed by atoms with Crippen LogP contribution in [-0.4, -0.2) is 26.7 Å². The van der Waals surface area contributed by atoms with Crippen molar-refractivity contribution in [2.75, 3.05) is 0 Å². The Morgan fingerprint density at radius 2 is 2.44 bits per heavy atom. The van der Waals surface area contributed by atoms with E-state index in [2.05, 4.69) is 22.3 Å². The molecular formula is C10H19N5O. The van der Waals surface area contributed by atoms with E-state index in [0.717, 1.165) is 19.3 Å². The SMILES string of the molecule is CCCC[C@H](N)C(=O)NCc1ncn(C)n1. The van der Waals surface area contributed by atoms with Crippen molar-refractivity contribution in [3.05, 3.63) is 12.2 Å². The summed E-state index contributed by atoms with van der Waals surface area (Å²) in [5, 5.41) is 6.77. The summed E-state index contributed by atoms with van der Waals surface area (Å²) in [6, 6.07) is -0.427. The van der Waals surface area contributed by atoms with Crippen LogP contribution in [0.5, 0.6) is 0 Å². The molecular weight excluding hydrogens is 206 g/mol. The number of nitrogens with one attached hydrogen (secondary N) is 1. The lowest BCUT2D eigenvalue weighted by Gasteiger charge is -2.10. The average molecular weight is 225 g/mol. The minimum Gasteiger partial charge on any atom is -0.347 e. The third-order valence-electron chi connectivity index (χ3n) is 2.27. The van der Waals surface area contributed by atoms with Gasteiger partial charge in [-0.05, 0) is 6.42 Å². The molecule has 1 amide bonds. The van der Waals surface area contributed by atoms with Gasteiger partial charge in [0.2, 0.25) is 5.91 Å². The van der Waals surface area contributed by atoms with Gasteiger partial charge in [0.1, 0.15) is 6.33 Å². The van der Waals surface area contributed by atoms with E-state index < -0.39 is 6.04 Å². The van der Waals surface area contributed by atoms with Crippen molar-refractivity contribution in [1.82, 2.24) is 20.1 Å². The number of hydrogen-bond acceptors (Lipinski definition) is 4. The zero-order chi connectivity index (χ0) is 12.0. The van der Waals surface area contributed by atoms with Crippen LogP contribution in [0.15, 0.2) is 6.33 Å². The molecule has 0 fully saturated rings. The van der Waals surface area contributed by atoms with E-state index in [1.165, 1.54) is 0 Å². The van der Waals surface area contributed by atoms with Crippen LogP contribution < -0.4 is 11.1 Å². The molecule has 0 saturated carbocycles. The lowest BCUT2D eigenvalue weighted by atomic mass is 10.1. The van der Waals surface area contributed by atoms with Crippen molar-refractivity contribution in [2.45, 2.75) is 38.8 Å². The summed E-state index contributed by atoms with van der Waals surface area (Å²) in [6.45, 7) is 2.40. The molecule has 0 saturated heterocycles. The molecule has 0 spiro atoms. The molecule has 1 rings (SSSR count). The molecule has 0 aliphatic heterocycles. The van der Waals surface area contributed by atoms with Gasteiger partial charge in [-0.1, -0.05) is 19.8 Å². The molecule has 6 heteroatoms. The number of unbranched alkanes of at least 4 members (excludes halogenated alkanes) is 1. The van der Waals surface area contributed by atoms with Gasteiger partial charge in [-0.3, -0.25) is 9.48 Å². The Kier molecular flexibility index (Phi) is 4.91. The predicted molar refractivity (Wildman–Crippen MR) is 60.4 cm³/mol. The number of nitrogens with two attached hydrogens (primary N) is 1. The normalized spacial score (nSPS) is 12.4. The molecule has 16 heavy (non-hydrogen) atoms. The van der Waals surface area contributed by atoms with Crippen molar-refractivity contribution in [3.63, 3.8) is 0 Å². The maximum Gasteiger partial charge on any atom is 0.237 e. The molecule has 0 bridgehead atoms. The molecule has 0 aromatic carbocycles. The average Bonchev–Trinajstić information content (AvgIpc) is 2.68. The highest BCUT2D eigenvalue weighted by Gasteiger charge is 2.12. The molecule has 0 aliphatic carbocycles. The number of carbonyl (C=O) groups is 1. The van der Waals surface area contributed by atoms with Gasteiger partial charge in [0.25, 0.3) is 0 Å². The van der Waals surface area contributed by atoms with E-state index in [0.29, 0.717) is 12.4 Å². The Bertz CT molecular complexity index is 336. The van der Waals surface area contributed by atoms with Crippen LogP contribution in [0.3, 0.4) is 0 Å². The number of nitrogens with zero attached hydrogens (tertiary/aromatic N) is 3. The monoisotopic (exact) mass is 225 g/mol. The number of aryl methyl sites for hydroxylation is 1. The molecule has 3 N–H and O–H groups in total. The Morgan fingerprint density at radius 3 is 3.00 bits per heavy atom. The lowest BCUT2D eigenvalue weighted by Crippen LogP contribution is -2.40. The number of rotatable bonds is 6. The lowest BCUT2D eigenvalue weighted by molar-refractivity contribution is -0.122. The molecule has 0 aliphatic rings. The fraction of sp³-hybridized carbons (Fsp3) is 0.700. The van der Waals surface area contributed by atoms with Gasteiger partial charge in [0.05, 0.1) is 12.6 Å². The van der Waals surface area contributed by atoms with Crippen LogP contribution in [0.4, 0.5) is 0 Å². The van der Waals surface area contributed by atoms with Gasteiger partial charge >= 0.3 is 0 Å².